The Labute approximate surface area is 136 Å². The minimum absolute atomic E-state index is 0. The molecule has 1 atom stereocenters. The van der Waals surface area contributed by atoms with Crippen molar-refractivity contribution in [1.29, 1.82) is 0 Å². The van der Waals surface area contributed by atoms with Crippen LogP contribution in [0.4, 0.5) is 0 Å². The van der Waals surface area contributed by atoms with E-state index in [0.29, 0.717) is 0 Å². The second kappa shape index (κ2) is 8.77. The maximum atomic E-state index is 5.82. The van der Waals surface area contributed by atoms with Crippen molar-refractivity contribution in [3.8, 4) is 0 Å². The summed E-state index contributed by atoms with van der Waals surface area (Å²) in [5, 5.41) is 3.46. The van der Waals surface area contributed by atoms with E-state index in [0.717, 1.165) is 19.1 Å². The molecule has 1 fully saturated rings. The van der Waals surface area contributed by atoms with Gasteiger partial charge in [-0.1, -0.05) is 45.0 Å². The fraction of sp³-hybridized carbons (Fsp3) is 0.667. The molecule has 2 rings (SSSR count). The lowest BCUT2D eigenvalue weighted by Crippen LogP contribution is -2.30. The minimum Gasteiger partial charge on any atom is -0.377 e. The molecule has 1 aliphatic heterocycles. The van der Waals surface area contributed by atoms with E-state index in [4.69, 9.17) is 4.74 Å². The number of nitrogens with one attached hydrogen (secondary N) is 1. The van der Waals surface area contributed by atoms with Crippen molar-refractivity contribution >= 4 is 12.4 Å². The Morgan fingerprint density at radius 3 is 2.48 bits per heavy atom. The van der Waals surface area contributed by atoms with E-state index >= 15 is 0 Å². The molecule has 1 aromatic carbocycles. The van der Waals surface area contributed by atoms with Crippen molar-refractivity contribution in [3.05, 3.63) is 35.4 Å². The highest BCUT2D eigenvalue weighted by Crippen LogP contribution is 2.22. The number of hydrogen-bond donors (Lipinski definition) is 1. The average Bonchev–Trinajstić information content (AvgIpc) is 2.44. The number of ether oxygens (including phenoxy) is 1. The van der Waals surface area contributed by atoms with Crippen molar-refractivity contribution in [3.63, 3.8) is 0 Å². The van der Waals surface area contributed by atoms with Gasteiger partial charge in [0.1, 0.15) is 0 Å². The first-order chi connectivity index (χ1) is 9.55. The van der Waals surface area contributed by atoms with Gasteiger partial charge in [0.2, 0.25) is 0 Å². The number of hydrogen-bond acceptors (Lipinski definition) is 2. The van der Waals surface area contributed by atoms with Gasteiger partial charge in [0.25, 0.3) is 0 Å². The summed E-state index contributed by atoms with van der Waals surface area (Å²) in [5.41, 5.74) is 2.89. The van der Waals surface area contributed by atoms with Crippen molar-refractivity contribution in [2.45, 2.75) is 52.1 Å². The molecule has 0 aromatic heterocycles. The van der Waals surface area contributed by atoms with Gasteiger partial charge in [-0.05, 0) is 54.8 Å². The van der Waals surface area contributed by atoms with Crippen LogP contribution in [0.15, 0.2) is 24.3 Å². The number of rotatable bonds is 5. The average molecular weight is 312 g/mol. The summed E-state index contributed by atoms with van der Waals surface area (Å²) in [7, 11) is 0. The number of piperidine rings is 1. The maximum absolute atomic E-state index is 5.82. The highest BCUT2D eigenvalue weighted by molar-refractivity contribution is 5.85. The molecule has 21 heavy (non-hydrogen) atoms. The van der Waals surface area contributed by atoms with E-state index in [-0.39, 0.29) is 17.8 Å². The van der Waals surface area contributed by atoms with Gasteiger partial charge in [0.05, 0.1) is 6.61 Å². The summed E-state index contributed by atoms with van der Waals surface area (Å²) < 4.78 is 5.82. The van der Waals surface area contributed by atoms with Gasteiger partial charge in [-0.3, -0.25) is 0 Å². The van der Waals surface area contributed by atoms with Crippen molar-refractivity contribution < 1.29 is 4.74 Å². The molecule has 0 radical (unpaired) electrons. The molecule has 1 aromatic rings. The molecule has 2 nitrogen and oxygen atoms in total. The second-order valence-corrected chi connectivity index (χ2v) is 7.00. The fourth-order valence-electron chi connectivity index (χ4n) is 2.71. The zero-order valence-electron chi connectivity index (χ0n) is 13.7. The minimum atomic E-state index is 0. The second-order valence-electron chi connectivity index (χ2n) is 7.00. The fourth-order valence-corrected chi connectivity index (χ4v) is 2.71. The molecule has 0 spiro atoms. The third-order valence-corrected chi connectivity index (χ3v) is 4.16. The molecule has 1 aliphatic rings. The molecule has 0 amide bonds. The molecule has 1 unspecified atom stereocenters. The van der Waals surface area contributed by atoms with Crippen LogP contribution >= 0.6 is 12.4 Å². The summed E-state index contributed by atoms with van der Waals surface area (Å²) in [6, 6.07) is 8.85. The smallest absolute Gasteiger partial charge is 0.0716 e. The van der Waals surface area contributed by atoms with Crippen LogP contribution in [-0.2, 0) is 16.8 Å². The predicted octanol–water partition coefficient (Wildman–Crippen LogP) is 4.31. The lowest BCUT2D eigenvalue weighted by Gasteiger charge is -2.22. The quantitative estimate of drug-likeness (QED) is 0.818. The van der Waals surface area contributed by atoms with E-state index in [1.165, 1.54) is 43.5 Å². The lowest BCUT2D eigenvalue weighted by atomic mass is 9.87. The van der Waals surface area contributed by atoms with Crippen LogP contribution in [0.2, 0.25) is 0 Å². The summed E-state index contributed by atoms with van der Waals surface area (Å²) >= 11 is 0. The largest absolute Gasteiger partial charge is 0.377 e. The molecule has 1 saturated heterocycles. The highest BCUT2D eigenvalue weighted by atomic mass is 35.5. The van der Waals surface area contributed by atoms with Crippen LogP contribution in [0, 0.1) is 5.92 Å². The predicted molar refractivity (Wildman–Crippen MR) is 92.3 cm³/mol. The summed E-state index contributed by atoms with van der Waals surface area (Å²) in [4.78, 5) is 0. The van der Waals surface area contributed by atoms with Crippen molar-refractivity contribution in [2.24, 2.45) is 5.92 Å². The molecule has 1 N–H and O–H groups in total. The first kappa shape index (κ1) is 18.5. The SMILES string of the molecule is CC(C)(C)c1ccc(COCCC2CCCNC2)cc1.Cl. The molecule has 0 saturated carbocycles. The Morgan fingerprint density at radius 1 is 1.19 bits per heavy atom. The highest BCUT2D eigenvalue weighted by Gasteiger charge is 2.13. The Morgan fingerprint density at radius 2 is 1.90 bits per heavy atom. The monoisotopic (exact) mass is 311 g/mol. The maximum Gasteiger partial charge on any atom is 0.0716 e. The van der Waals surface area contributed by atoms with E-state index in [1.54, 1.807) is 0 Å². The Balaban J connectivity index is 0.00000220. The first-order valence-corrected chi connectivity index (χ1v) is 7.93. The summed E-state index contributed by atoms with van der Waals surface area (Å²) in [5.74, 6) is 0.812. The Bertz CT molecular complexity index is 391. The van der Waals surface area contributed by atoms with Gasteiger partial charge in [-0.2, -0.15) is 0 Å². The summed E-state index contributed by atoms with van der Waals surface area (Å²) in [6.45, 7) is 10.7. The third kappa shape index (κ3) is 6.37. The van der Waals surface area contributed by atoms with Gasteiger partial charge in [-0.25, -0.2) is 0 Å². The van der Waals surface area contributed by atoms with Gasteiger partial charge >= 0.3 is 0 Å². The Hall–Kier alpha value is -0.570. The van der Waals surface area contributed by atoms with Crippen LogP contribution in [0.1, 0.15) is 51.2 Å². The zero-order valence-corrected chi connectivity index (χ0v) is 14.5. The van der Waals surface area contributed by atoms with Crippen LogP contribution < -0.4 is 5.32 Å². The van der Waals surface area contributed by atoms with Crippen molar-refractivity contribution in [1.82, 2.24) is 5.32 Å². The molecule has 120 valence electrons. The first-order valence-electron chi connectivity index (χ1n) is 7.93. The molecule has 1 heterocycles. The van der Waals surface area contributed by atoms with Crippen molar-refractivity contribution in [2.75, 3.05) is 19.7 Å². The van der Waals surface area contributed by atoms with E-state index < -0.39 is 0 Å². The van der Waals surface area contributed by atoms with E-state index in [9.17, 15) is 0 Å². The van der Waals surface area contributed by atoms with Gasteiger partial charge < -0.3 is 10.1 Å². The van der Waals surface area contributed by atoms with Crippen LogP contribution in [0.3, 0.4) is 0 Å². The molecule has 0 aliphatic carbocycles. The zero-order chi connectivity index (χ0) is 14.4. The standard InChI is InChI=1S/C18H29NO.ClH/c1-18(2,3)17-8-6-16(7-9-17)14-20-12-10-15-5-4-11-19-13-15;/h6-9,15,19H,4-5,10-14H2,1-3H3;1H. The van der Waals surface area contributed by atoms with E-state index in [2.05, 4.69) is 50.4 Å². The summed E-state index contributed by atoms with van der Waals surface area (Å²) in [6.07, 6.45) is 3.86. The van der Waals surface area contributed by atoms with Gasteiger partial charge in [-0.15, -0.1) is 12.4 Å². The van der Waals surface area contributed by atoms with Crippen LogP contribution in [0.5, 0.6) is 0 Å². The molecular formula is C18H30ClNO. The van der Waals surface area contributed by atoms with Gasteiger partial charge in [0, 0.05) is 6.61 Å². The van der Waals surface area contributed by atoms with Gasteiger partial charge in [0.15, 0.2) is 0 Å². The van der Waals surface area contributed by atoms with Crippen LogP contribution in [0.25, 0.3) is 0 Å². The topological polar surface area (TPSA) is 21.3 Å². The molecule has 3 heteroatoms. The lowest BCUT2D eigenvalue weighted by molar-refractivity contribution is 0.103. The van der Waals surface area contributed by atoms with Crippen LogP contribution in [-0.4, -0.2) is 19.7 Å². The molecular weight excluding hydrogens is 282 g/mol. The normalized spacial score (nSPS) is 19.1. The number of benzene rings is 1. The molecule has 0 bridgehead atoms. The number of halogens is 1. The third-order valence-electron chi connectivity index (χ3n) is 4.16. The van der Waals surface area contributed by atoms with E-state index in [1.807, 2.05) is 0 Å². The Kier molecular flexibility index (Phi) is 7.72.